The minimum absolute atomic E-state index is 0.161. The molecule has 3 aromatic carbocycles. The molecule has 6 nitrogen and oxygen atoms in total. The van der Waals surface area contributed by atoms with Crippen molar-refractivity contribution in [1.82, 2.24) is 4.98 Å². The summed E-state index contributed by atoms with van der Waals surface area (Å²) < 4.78 is 10.3. The number of rotatable bonds is 7. The lowest BCUT2D eigenvalue weighted by Crippen LogP contribution is -2.21. The highest BCUT2D eigenvalue weighted by atomic mass is 32.1. The minimum atomic E-state index is -0.517. The Kier molecular flexibility index (Phi) is 6.33. The first-order chi connectivity index (χ1) is 17.1. The third kappa shape index (κ3) is 4.81. The molecular weight excluding hydrogens is 460 g/mol. The van der Waals surface area contributed by atoms with Gasteiger partial charge in [0.25, 0.3) is 0 Å². The number of benzene rings is 3. The Morgan fingerprint density at radius 3 is 2.17 bits per heavy atom. The number of thiazole rings is 1. The Balaban J connectivity index is 1.26. The lowest BCUT2D eigenvalue weighted by Gasteiger charge is -2.13. The van der Waals surface area contributed by atoms with Crippen LogP contribution in [0.25, 0.3) is 22.4 Å². The maximum absolute atomic E-state index is 12.3. The summed E-state index contributed by atoms with van der Waals surface area (Å²) in [4.78, 5) is 28.9. The van der Waals surface area contributed by atoms with Crippen LogP contribution in [0.3, 0.4) is 0 Å². The Bertz CT molecular complexity index is 1330. The van der Waals surface area contributed by atoms with Crippen molar-refractivity contribution >= 4 is 28.4 Å². The smallest absolute Gasteiger partial charge is 0.412 e. The molecule has 176 valence electrons. The van der Waals surface area contributed by atoms with Crippen LogP contribution in [-0.4, -0.2) is 24.2 Å². The van der Waals surface area contributed by atoms with Crippen LogP contribution in [0.15, 0.2) is 84.4 Å². The van der Waals surface area contributed by atoms with E-state index in [1.54, 1.807) is 5.51 Å². The van der Waals surface area contributed by atoms with Crippen LogP contribution in [0.4, 0.5) is 9.80 Å². The second-order valence-corrected chi connectivity index (χ2v) is 9.30. The van der Waals surface area contributed by atoms with Crippen LogP contribution in [0.2, 0.25) is 0 Å². The summed E-state index contributed by atoms with van der Waals surface area (Å²) >= 11 is 1.35. The van der Waals surface area contributed by atoms with Gasteiger partial charge in [-0.05, 0) is 35.1 Å². The minimum Gasteiger partial charge on any atom is -0.468 e. The summed E-state index contributed by atoms with van der Waals surface area (Å²) in [5, 5.41) is 3.44. The summed E-state index contributed by atoms with van der Waals surface area (Å²) in [6, 6.07) is 25.6. The van der Waals surface area contributed by atoms with Gasteiger partial charge in [0.2, 0.25) is 0 Å². The van der Waals surface area contributed by atoms with Crippen LogP contribution in [0.1, 0.15) is 24.0 Å². The fourth-order valence-electron chi connectivity index (χ4n) is 4.13. The maximum Gasteiger partial charge on any atom is 0.412 e. The van der Waals surface area contributed by atoms with Crippen molar-refractivity contribution < 1.29 is 19.1 Å². The van der Waals surface area contributed by atoms with Gasteiger partial charge < -0.3 is 9.47 Å². The molecule has 4 aromatic rings. The standard InChI is InChI=1S/C28H24N2O4S/c1-33-26(31)28(15-16-28)23-13-11-21(12-14-23)20-7-9-22(10-8-20)24-25(35-18-29-24)30-27(32)34-17-19-5-3-2-4-6-19/h2-14,18H,15-17H2,1H3,(H,30,32). The van der Waals surface area contributed by atoms with Crippen molar-refractivity contribution in [3.8, 4) is 22.4 Å². The summed E-state index contributed by atoms with van der Waals surface area (Å²) in [7, 11) is 1.44. The van der Waals surface area contributed by atoms with E-state index >= 15 is 0 Å². The molecule has 0 atom stereocenters. The molecule has 1 aliphatic rings. The molecule has 7 heteroatoms. The van der Waals surface area contributed by atoms with E-state index in [-0.39, 0.29) is 12.6 Å². The van der Waals surface area contributed by atoms with Crippen LogP contribution in [0.5, 0.6) is 0 Å². The molecule has 5 rings (SSSR count). The zero-order valence-corrected chi connectivity index (χ0v) is 20.0. The predicted molar refractivity (Wildman–Crippen MR) is 136 cm³/mol. The van der Waals surface area contributed by atoms with E-state index in [9.17, 15) is 9.59 Å². The van der Waals surface area contributed by atoms with E-state index in [1.807, 2.05) is 78.9 Å². The number of nitrogens with one attached hydrogen (secondary N) is 1. The number of amides is 1. The van der Waals surface area contributed by atoms with E-state index in [0.29, 0.717) is 10.7 Å². The van der Waals surface area contributed by atoms with Gasteiger partial charge >= 0.3 is 12.1 Å². The largest absolute Gasteiger partial charge is 0.468 e. The number of esters is 1. The Morgan fingerprint density at radius 1 is 0.914 bits per heavy atom. The number of hydrogen-bond acceptors (Lipinski definition) is 6. The van der Waals surface area contributed by atoms with E-state index < -0.39 is 11.5 Å². The van der Waals surface area contributed by atoms with Gasteiger partial charge in [0, 0.05) is 5.56 Å². The summed E-state index contributed by atoms with van der Waals surface area (Å²) in [6.45, 7) is 0.203. The van der Waals surface area contributed by atoms with Gasteiger partial charge in [-0.15, -0.1) is 11.3 Å². The number of hydrogen-bond donors (Lipinski definition) is 1. The number of aromatic nitrogens is 1. The summed E-state index contributed by atoms with van der Waals surface area (Å²) in [6.07, 6.45) is 1.14. The van der Waals surface area contributed by atoms with E-state index in [0.717, 1.165) is 40.7 Å². The van der Waals surface area contributed by atoms with Gasteiger partial charge in [0.15, 0.2) is 0 Å². The Morgan fingerprint density at radius 2 is 1.54 bits per heavy atom. The summed E-state index contributed by atoms with van der Waals surface area (Å²) in [5.41, 5.74) is 6.86. The molecule has 0 spiro atoms. The molecule has 1 heterocycles. The number of carbonyl (C=O) groups is 2. The van der Waals surface area contributed by atoms with Crippen LogP contribution >= 0.6 is 11.3 Å². The van der Waals surface area contributed by atoms with Gasteiger partial charge in [-0.25, -0.2) is 9.78 Å². The quantitative estimate of drug-likeness (QED) is 0.306. The first kappa shape index (κ1) is 22.8. The van der Waals surface area contributed by atoms with Crippen LogP contribution in [-0.2, 0) is 26.3 Å². The SMILES string of the molecule is COC(=O)C1(c2ccc(-c3ccc(-c4ncsc4NC(=O)OCc4ccccc4)cc3)cc2)CC1. The average Bonchev–Trinajstić information content (AvgIpc) is 3.60. The molecule has 0 unspecified atom stereocenters. The molecule has 1 fully saturated rings. The van der Waals surface area contributed by atoms with Gasteiger partial charge in [-0.3, -0.25) is 10.1 Å². The first-order valence-electron chi connectivity index (χ1n) is 11.3. The highest BCUT2D eigenvalue weighted by molar-refractivity contribution is 7.14. The lowest BCUT2D eigenvalue weighted by molar-refractivity contribution is -0.143. The van der Waals surface area contributed by atoms with Crippen molar-refractivity contribution in [2.45, 2.75) is 24.9 Å². The van der Waals surface area contributed by atoms with Gasteiger partial charge in [-0.2, -0.15) is 0 Å². The molecule has 0 aliphatic heterocycles. The first-order valence-corrected chi connectivity index (χ1v) is 12.2. The third-order valence-corrected chi connectivity index (χ3v) is 6.99. The molecule has 1 aromatic heterocycles. The second-order valence-electron chi connectivity index (χ2n) is 8.45. The predicted octanol–water partition coefficient (Wildman–Crippen LogP) is 6.43. The van der Waals surface area contributed by atoms with Crippen molar-refractivity contribution in [2.24, 2.45) is 0 Å². The highest BCUT2D eigenvalue weighted by Crippen LogP contribution is 2.49. The molecule has 1 aliphatic carbocycles. The zero-order valence-electron chi connectivity index (χ0n) is 19.2. The summed E-state index contributed by atoms with van der Waals surface area (Å²) in [5.74, 6) is -0.161. The molecule has 0 saturated heterocycles. The van der Waals surface area contributed by atoms with E-state index in [1.165, 1.54) is 18.4 Å². The van der Waals surface area contributed by atoms with Crippen LogP contribution < -0.4 is 5.32 Å². The highest BCUT2D eigenvalue weighted by Gasteiger charge is 2.52. The molecular formula is C28H24N2O4S. The topological polar surface area (TPSA) is 77.5 Å². The average molecular weight is 485 g/mol. The zero-order chi connectivity index (χ0) is 24.3. The number of methoxy groups -OCH3 is 1. The number of anilines is 1. The fourth-order valence-corrected chi connectivity index (χ4v) is 4.81. The van der Waals surface area contributed by atoms with Crippen molar-refractivity contribution in [1.29, 1.82) is 0 Å². The lowest BCUT2D eigenvalue weighted by atomic mass is 9.93. The van der Waals surface area contributed by atoms with E-state index in [4.69, 9.17) is 9.47 Å². The normalized spacial score (nSPS) is 13.6. The number of nitrogens with zero attached hydrogens (tertiary/aromatic N) is 1. The van der Waals surface area contributed by atoms with Crippen molar-refractivity contribution in [2.75, 3.05) is 12.4 Å². The Labute approximate surface area is 207 Å². The van der Waals surface area contributed by atoms with Gasteiger partial charge in [0.1, 0.15) is 17.3 Å². The second kappa shape index (κ2) is 9.72. The maximum atomic E-state index is 12.3. The number of carbonyl (C=O) groups excluding carboxylic acids is 2. The molecule has 1 amide bonds. The monoisotopic (exact) mass is 484 g/mol. The van der Waals surface area contributed by atoms with Gasteiger partial charge in [-0.1, -0.05) is 78.9 Å². The van der Waals surface area contributed by atoms with Crippen molar-refractivity contribution in [3.05, 3.63) is 95.5 Å². The third-order valence-electron chi connectivity index (χ3n) is 6.25. The molecule has 0 bridgehead atoms. The van der Waals surface area contributed by atoms with Crippen LogP contribution in [0, 0.1) is 0 Å². The molecule has 1 N–H and O–H groups in total. The molecule has 1 saturated carbocycles. The Hall–Kier alpha value is -3.97. The fraction of sp³-hybridized carbons (Fsp3) is 0.179. The molecule has 35 heavy (non-hydrogen) atoms. The van der Waals surface area contributed by atoms with E-state index in [2.05, 4.69) is 10.3 Å². The van der Waals surface area contributed by atoms with Crippen molar-refractivity contribution in [3.63, 3.8) is 0 Å². The van der Waals surface area contributed by atoms with Gasteiger partial charge in [0.05, 0.1) is 18.0 Å². The number of ether oxygens (including phenoxy) is 2. The molecule has 0 radical (unpaired) electrons.